The summed E-state index contributed by atoms with van der Waals surface area (Å²) >= 11 is 2.96. The highest BCUT2D eigenvalue weighted by atomic mass is 79.9. The highest BCUT2D eigenvalue weighted by Gasteiger charge is 2.09. The van der Waals surface area contributed by atoms with Crippen molar-refractivity contribution in [3.8, 4) is 0 Å². The predicted octanol–water partition coefficient (Wildman–Crippen LogP) is 1.60. The molecule has 0 aliphatic rings. The zero-order valence-electron chi connectivity index (χ0n) is 9.64. The first-order valence-electron chi connectivity index (χ1n) is 5.00. The summed E-state index contributed by atoms with van der Waals surface area (Å²) in [6, 6.07) is 2.02. The van der Waals surface area contributed by atoms with Gasteiger partial charge in [-0.05, 0) is 22.0 Å². The molecule has 1 aromatic carbocycles. The lowest BCUT2D eigenvalue weighted by atomic mass is 10.3. The summed E-state index contributed by atoms with van der Waals surface area (Å²) in [5.74, 6) is 3.96. The van der Waals surface area contributed by atoms with Gasteiger partial charge in [0.05, 0.1) is 23.3 Å². The van der Waals surface area contributed by atoms with E-state index in [0.29, 0.717) is 13.2 Å². The molecule has 1 rings (SSSR count). The van der Waals surface area contributed by atoms with E-state index < -0.39 is 11.6 Å². The lowest BCUT2D eigenvalue weighted by molar-refractivity contribution is 0.208. The van der Waals surface area contributed by atoms with E-state index in [1.54, 1.807) is 0 Å². The van der Waals surface area contributed by atoms with Gasteiger partial charge in [0.2, 0.25) is 5.96 Å². The molecule has 0 atom stereocenters. The summed E-state index contributed by atoms with van der Waals surface area (Å²) < 4.78 is 31.4. The summed E-state index contributed by atoms with van der Waals surface area (Å²) in [6.07, 6.45) is 0. The molecule has 18 heavy (non-hydrogen) atoms. The van der Waals surface area contributed by atoms with Crippen molar-refractivity contribution >= 4 is 27.6 Å². The number of methoxy groups -OCH3 is 1. The summed E-state index contributed by atoms with van der Waals surface area (Å²) in [7, 11) is 1.54. The number of hydrazine groups is 1. The summed E-state index contributed by atoms with van der Waals surface area (Å²) in [5, 5.41) is 2.61. The Morgan fingerprint density at radius 1 is 1.44 bits per heavy atom. The molecule has 4 N–H and O–H groups in total. The van der Waals surface area contributed by atoms with E-state index in [1.165, 1.54) is 13.2 Å². The van der Waals surface area contributed by atoms with E-state index in [-0.39, 0.29) is 16.1 Å². The van der Waals surface area contributed by atoms with Crippen LogP contribution in [-0.4, -0.2) is 26.2 Å². The van der Waals surface area contributed by atoms with Gasteiger partial charge in [0.25, 0.3) is 0 Å². The molecule has 0 spiro atoms. The molecule has 0 aromatic heterocycles. The van der Waals surface area contributed by atoms with Crippen LogP contribution in [0.4, 0.5) is 14.5 Å². The number of ether oxygens (including phenoxy) is 1. The monoisotopic (exact) mass is 322 g/mol. The topological polar surface area (TPSA) is 71.7 Å². The number of hydrogen-bond donors (Lipinski definition) is 3. The Hall–Kier alpha value is -1.25. The maximum atomic E-state index is 13.4. The Morgan fingerprint density at radius 2 is 2.17 bits per heavy atom. The average molecular weight is 323 g/mol. The van der Waals surface area contributed by atoms with Gasteiger partial charge in [-0.2, -0.15) is 0 Å². The average Bonchev–Trinajstić information content (AvgIpc) is 2.34. The first kappa shape index (κ1) is 14.8. The third-order valence-electron chi connectivity index (χ3n) is 1.97. The van der Waals surface area contributed by atoms with Crippen LogP contribution < -0.4 is 16.6 Å². The Bertz CT molecular complexity index is 442. The van der Waals surface area contributed by atoms with Gasteiger partial charge in [-0.1, -0.05) is 0 Å². The van der Waals surface area contributed by atoms with Gasteiger partial charge >= 0.3 is 0 Å². The van der Waals surface area contributed by atoms with Crippen molar-refractivity contribution in [2.24, 2.45) is 10.8 Å². The van der Waals surface area contributed by atoms with Crippen LogP contribution in [0.3, 0.4) is 0 Å². The second kappa shape index (κ2) is 7.24. The predicted molar refractivity (Wildman–Crippen MR) is 69.2 cm³/mol. The third-order valence-corrected chi connectivity index (χ3v) is 2.57. The van der Waals surface area contributed by atoms with Gasteiger partial charge < -0.3 is 10.1 Å². The first-order valence-corrected chi connectivity index (χ1v) is 5.79. The van der Waals surface area contributed by atoms with E-state index in [9.17, 15) is 8.78 Å². The molecular weight excluding hydrogens is 310 g/mol. The minimum Gasteiger partial charge on any atom is -0.383 e. The molecule has 0 bridgehead atoms. The van der Waals surface area contributed by atoms with Crippen molar-refractivity contribution in [3.63, 3.8) is 0 Å². The van der Waals surface area contributed by atoms with Crippen LogP contribution in [0.15, 0.2) is 21.6 Å². The van der Waals surface area contributed by atoms with Crippen LogP contribution in [0.5, 0.6) is 0 Å². The SMILES string of the molecule is COCCN=C(NN)Nc1cc(Br)c(F)cc1F. The number of anilines is 1. The highest BCUT2D eigenvalue weighted by molar-refractivity contribution is 9.10. The fraction of sp³-hybridized carbons (Fsp3) is 0.300. The van der Waals surface area contributed by atoms with E-state index >= 15 is 0 Å². The molecule has 8 heteroatoms. The number of nitrogens with two attached hydrogens (primary N) is 1. The van der Waals surface area contributed by atoms with Crippen molar-refractivity contribution in [1.82, 2.24) is 5.43 Å². The number of halogens is 3. The van der Waals surface area contributed by atoms with Gasteiger partial charge in [-0.3, -0.25) is 5.43 Å². The van der Waals surface area contributed by atoms with E-state index in [0.717, 1.165) is 6.07 Å². The lowest BCUT2D eigenvalue weighted by Gasteiger charge is -2.10. The summed E-state index contributed by atoms with van der Waals surface area (Å²) in [6.45, 7) is 0.759. The maximum absolute atomic E-state index is 13.4. The van der Waals surface area contributed by atoms with Gasteiger partial charge in [0.1, 0.15) is 11.6 Å². The molecule has 0 saturated carbocycles. The largest absolute Gasteiger partial charge is 0.383 e. The van der Waals surface area contributed by atoms with Crippen molar-refractivity contribution < 1.29 is 13.5 Å². The van der Waals surface area contributed by atoms with Crippen LogP contribution in [0, 0.1) is 11.6 Å². The van der Waals surface area contributed by atoms with E-state index in [4.69, 9.17) is 10.6 Å². The van der Waals surface area contributed by atoms with Crippen LogP contribution in [0.1, 0.15) is 0 Å². The Labute approximate surface area is 112 Å². The molecular formula is C10H13BrF2N4O. The maximum Gasteiger partial charge on any atom is 0.210 e. The smallest absolute Gasteiger partial charge is 0.210 e. The molecule has 0 fully saturated rings. The van der Waals surface area contributed by atoms with Gasteiger partial charge in [0, 0.05) is 13.2 Å². The first-order chi connectivity index (χ1) is 8.58. The third kappa shape index (κ3) is 4.21. The highest BCUT2D eigenvalue weighted by Crippen LogP contribution is 2.23. The number of aliphatic imine (C=N–C) groups is 1. The van der Waals surface area contributed by atoms with Gasteiger partial charge in [-0.15, -0.1) is 0 Å². The normalized spacial score (nSPS) is 11.5. The molecule has 0 amide bonds. The number of nitrogens with zero attached hydrogens (tertiary/aromatic N) is 1. The fourth-order valence-electron chi connectivity index (χ4n) is 1.12. The van der Waals surface area contributed by atoms with Gasteiger partial charge in [-0.25, -0.2) is 19.6 Å². The van der Waals surface area contributed by atoms with Crippen LogP contribution in [0.2, 0.25) is 0 Å². The number of guanidine groups is 1. The van der Waals surface area contributed by atoms with Crippen molar-refractivity contribution in [2.45, 2.75) is 0 Å². The molecule has 1 aromatic rings. The molecule has 100 valence electrons. The lowest BCUT2D eigenvalue weighted by Crippen LogP contribution is -2.36. The second-order valence-corrected chi connectivity index (χ2v) is 4.09. The van der Waals surface area contributed by atoms with E-state index in [2.05, 4.69) is 31.7 Å². The fourth-order valence-corrected chi connectivity index (χ4v) is 1.46. The number of nitrogens with one attached hydrogen (secondary N) is 2. The van der Waals surface area contributed by atoms with Crippen LogP contribution in [-0.2, 0) is 4.74 Å². The molecule has 0 saturated heterocycles. The van der Waals surface area contributed by atoms with Crippen molar-refractivity contribution in [1.29, 1.82) is 0 Å². The quantitative estimate of drug-likeness (QED) is 0.197. The summed E-state index contributed by atoms with van der Waals surface area (Å²) in [5.41, 5.74) is 2.33. The Balaban J connectivity index is 2.81. The number of hydrogen-bond acceptors (Lipinski definition) is 3. The van der Waals surface area contributed by atoms with Crippen molar-refractivity contribution in [3.05, 3.63) is 28.2 Å². The molecule has 0 radical (unpaired) electrons. The zero-order chi connectivity index (χ0) is 13.5. The Morgan fingerprint density at radius 3 is 2.78 bits per heavy atom. The molecule has 0 aliphatic heterocycles. The molecule has 5 nitrogen and oxygen atoms in total. The van der Waals surface area contributed by atoms with Gasteiger partial charge in [0.15, 0.2) is 0 Å². The number of rotatable bonds is 4. The standard InChI is InChI=1S/C10H13BrF2N4O/c1-18-3-2-15-10(17-14)16-9-4-6(11)7(12)5-8(9)13/h4-5H,2-3,14H2,1H3,(H2,15,16,17). The zero-order valence-corrected chi connectivity index (χ0v) is 11.2. The Kier molecular flexibility index (Phi) is 5.96. The van der Waals surface area contributed by atoms with Crippen LogP contribution in [0.25, 0.3) is 0 Å². The minimum absolute atomic E-state index is 0.0531. The molecule has 0 heterocycles. The summed E-state index contributed by atoms with van der Waals surface area (Å²) in [4.78, 5) is 3.99. The number of benzene rings is 1. The van der Waals surface area contributed by atoms with E-state index in [1.807, 2.05) is 0 Å². The molecule has 0 unspecified atom stereocenters. The minimum atomic E-state index is -0.745. The second-order valence-electron chi connectivity index (χ2n) is 3.24. The molecule has 0 aliphatic carbocycles. The van der Waals surface area contributed by atoms with Crippen LogP contribution >= 0.6 is 15.9 Å². The van der Waals surface area contributed by atoms with Crippen molar-refractivity contribution in [2.75, 3.05) is 25.6 Å².